The summed E-state index contributed by atoms with van der Waals surface area (Å²) in [5, 5.41) is 7.90. The number of nitrogens with one attached hydrogen (secondary N) is 3. The summed E-state index contributed by atoms with van der Waals surface area (Å²) in [7, 11) is 1.55. The lowest BCUT2D eigenvalue weighted by molar-refractivity contribution is -0.111. The molecule has 25 heavy (non-hydrogen) atoms. The Hall–Kier alpha value is -3.28. The summed E-state index contributed by atoms with van der Waals surface area (Å²) in [6.07, 6.45) is 4.17. The van der Waals surface area contributed by atoms with Crippen LogP contribution in [-0.2, 0) is 11.2 Å². The first-order valence-electron chi connectivity index (χ1n) is 7.97. The van der Waals surface area contributed by atoms with Gasteiger partial charge in [-0.1, -0.05) is 6.07 Å². The van der Waals surface area contributed by atoms with E-state index in [0.29, 0.717) is 18.0 Å². The van der Waals surface area contributed by atoms with E-state index in [1.807, 2.05) is 18.2 Å². The maximum absolute atomic E-state index is 12.0. The molecule has 0 bridgehead atoms. The summed E-state index contributed by atoms with van der Waals surface area (Å²) in [5.41, 5.74) is 3.43. The molecule has 6 heteroatoms. The smallest absolute Gasteiger partial charge is 0.318 e. The number of hydrogen-bond donors (Lipinski definition) is 3. The molecule has 0 unspecified atom stereocenters. The lowest BCUT2D eigenvalue weighted by atomic mass is 10.1. The number of carbonyl (C=O) groups excluding carboxylic acids is 2. The Morgan fingerprint density at radius 2 is 1.76 bits per heavy atom. The highest BCUT2D eigenvalue weighted by atomic mass is 16.5. The van der Waals surface area contributed by atoms with Crippen LogP contribution in [0.5, 0.6) is 5.75 Å². The maximum Gasteiger partial charge on any atom is 0.318 e. The molecule has 1 aliphatic rings. The van der Waals surface area contributed by atoms with E-state index in [4.69, 9.17) is 4.74 Å². The molecule has 0 aromatic heterocycles. The van der Waals surface area contributed by atoms with Gasteiger partial charge in [0.2, 0.25) is 5.91 Å². The Kier molecular flexibility index (Phi) is 4.99. The van der Waals surface area contributed by atoms with Crippen LogP contribution in [0.2, 0.25) is 0 Å². The Balaban J connectivity index is 1.57. The quantitative estimate of drug-likeness (QED) is 0.750. The van der Waals surface area contributed by atoms with Gasteiger partial charge in [-0.25, -0.2) is 4.79 Å². The fourth-order valence-corrected chi connectivity index (χ4v) is 2.50. The molecule has 0 spiro atoms. The summed E-state index contributed by atoms with van der Waals surface area (Å²) in [4.78, 5) is 23.3. The van der Waals surface area contributed by atoms with Gasteiger partial charge in [0.05, 0.1) is 6.61 Å². The monoisotopic (exact) mass is 337 g/mol. The standard InChI is InChI=1S/C19H19N3O3/c1-20-19(24)22-16-6-4-15(5-7-16)21-18(23)9-3-13-2-8-17-14(12-13)10-11-25-17/h2-9,12H,10-11H2,1H3,(H,21,23)(H2,20,22,24)/b9-3+. The average molecular weight is 337 g/mol. The van der Waals surface area contributed by atoms with Gasteiger partial charge in [-0.05, 0) is 53.6 Å². The van der Waals surface area contributed by atoms with Crippen LogP contribution in [0.1, 0.15) is 11.1 Å². The zero-order valence-electron chi connectivity index (χ0n) is 13.8. The lowest BCUT2D eigenvalue weighted by Gasteiger charge is -2.06. The number of fused-ring (bicyclic) bond motifs is 1. The van der Waals surface area contributed by atoms with Crippen molar-refractivity contribution in [3.8, 4) is 5.75 Å². The van der Waals surface area contributed by atoms with Crippen molar-refractivity contribution >= 4 is 29.4 Å². The van der Waals surface area contributed by atoms with Crippen LogP contribution in [0, 0.1) is 0 Å². The molecule has 2 aromatic rings. The van der Waals surface area contributed by atoms with Gasteiger partial charge in [-0.2, -0.15) is 0 Å². The van der Waals surface area contributed by atoms with Crippen molar-refractivity contribution in [1.82, 2.24) is 5.32 Å². The van der Waals surface area contributed by atoms with E-state index in [1.54, 1.807) is 37.4 Å². The van der Waals surface area contributed by atoms with E-state index in [9.17, 15) is 9.59 Å². The van der Waals surface area contributed by atoms with Crippen molar-refractivity contribution in [3.05, 3.63) is 59.7 Å². The Labute approximate surface area is 145 Å². The van der Waals surface area contributed by atoms with Gasteiger partial charge >= 0.3 is 6.03 Å². The van der Waals surface area contributed by atoms with Crippen LogP contribution < -0.4 is 20.7 Å². The molecular formula is C19H19N3O3. The molecule has 3 N–H and O–H groups in total. The van der Waals surface area contributed by atoms with Crippen molar-refractivity contribution in [2.24, 2.45) is 0 Å². The molecular weight excluding hydrogens is 318 g/mol. The van der Waals surface area contributed by atoms with Crippen LogP contribution in [-0.4, -0.2) is 25.6 Å². The molecule has 128 valence electrons. The van der Waals surface area contributed by atoms with E-state index in [0.717, 1.165) is 17.7 Å². The van der Waals surface area contributed by atoms with Crippen LogP contribution in [0.25, 0.3) is 6.08 Å². The molecule has 3 rings (SSSR count). The van der Waals surface area contributed by atoms with Gasteiger partial charge in [-0.15, -0.1) is 0 Å². The lowest BCUT2D eigenvalue weighted by Crippen LogP contribution is -2.24. The Morgan fingerprint density at radius 3 is 2.48 bits per heavy atom. The van der Waals surface area contributed by atoms with Gasteiger partial charge in [0, 0.05) is 30.9 Å². The van der Waals surface area contributed by atoms with Gasteiger partial charge in [0.1, 0.15) is 5.75 Å². The first-order valence-corrected chi connectivity index (χ1v) is 7.97. The molecule has 1 heterocycles. The average Bonchev–Trinajstić information content (AvgIpc) is 3.09. The molecule has 6 nitrogen and oxygen atoms in total. The predicted octanol–water partition coefficient (Wildman–Crippen LogP) is 3.02. The second kappa shape index (κ2) is 7.53. The number of amides is 3. The molecule has 3 amide bonds. The van der Waals surface area contributed by atoms with Crippen LogP contribution in [0.15, 0.2) is 48.5 Å². The number of ether oxygens (including phenoxy) is 1. The summed E-state index contributed by atoms with van der Waals surface area (Å²) in [6.45, 7) is 0.716. The molecule has 0 saturated heterocycles. The number of carbonyl (C=O) groups is 2. The Morgan fingerprint density at radius 1 is 1.04 bits per heavy atom. The second-order valence-electron chi connectivity index (χ2n) is 5.57. The Bertz CT molecular complexity index is 813. The maximum atomic E-state index is 12.0. The van der Waals surface area contributed by atoms with Gasteiger partial charge in [0.25, 0.3) is 0 Å². The topological polar surface area (TPSA) is 79.5 Å². The largest absolute Gasteiger partial charge is 0.493 e. The predicted molar refractivity (Wildman–Crippen MR) is 97.8 cm³/mol. The van der Waals surface area contributed by atoms with Crippen LogP contribution >= 0.6 is 0 Å². The van der Waals surface area contributed by atoms with Crippen LogP contribution in [0.3, 0.4) is 0 Å². The van der Waals surface area contributed by atoms with Gasteiger partial charge in [-0.3, -0.25) is 4.79 Å². The van der Waals surface area contributed by atoms with Crippen molar-refractivity contribution < 1.29 is 14.3 Å². The third-order valence-corrected chi connectivity index (χ3v) is 3.78. The fraction of sp³-hybridized carbons (Fsp3) is 0.158. The zero-order chi connectivity index (χ0) is 17.6. The molecule has 0 radical (unpaired) electrons. The van der Waals surface area contributed by atoms with E-state index >= 15 is 0 Å². The number of rotatable bonds is 4. The van der Waals surface area contributed by atoms with Crippen LogP contribution in [0.4, 0.5) is 16.2 Å². The molecule has 0 aliphatic carbocycles. The first-order chi connectivity index (χ1) is 12.1. The molecule has 1 aliphatic heterocycles. The molecule has 0 fully saturated rings. The van der Waals surface area contributed by atoms with E-state index in [2.05, 4.69) is 16.0 Å². The number of hydrogen-bond acceptors (Lipinski definition) is 3. The zero-order valence-corrected chi connectivity index (χ0v) is 13.8. The molecule has 0 saturated carbocycles. The van der Waals surface area contributed by atoms with Crippen molar-refractivity contribution in [1.29, 1.82) is 0 Å². The van der Waals surface area contributed by atoms with Gasteiger partial charge < -0.3 is 20.7 Å². The van der Waals surface area contributed by atoms with Crippen molar-refractivity contribution in [2.45, 2.75) is 6.42 Å². The van der Waals surface area contributed by atoms with Gasteiger partial charge in [0.15, 0.2) is 0 Å². The molecule has 2 aromatic carbocycles. The summed E-state index contributed by atoms with van der Waals surface area (Å²) >= 11 is 0. The highest BCUT2D eigenvalue weighted by Crippen LogP contribution is 2.26. The highest BCUT2D eigenvalue weighted by Gasteiger charge is 2.11. The van der Waals surface area contributed by atoms with Crippen molar-refractivity contribution in [3.63, 3.8) is 0 Å². The third-order valence-electron chi connectivity index (χ3n) is 3.78. The molecule has 0 atom stereocenters. The van der Waals surface area contributed by atoms with Crippen molar-refractivity contribution in [2.75, 3.05) is 24.3 Å². The normalized spacial score (nSPS) is 12.4. The third kappa shape index (κ3) is 4.38. The first kappa shape index (κ1) is 16.6. The fourth-order valence-electron chi connectivity index (χ4n) is 2.50. The summed E-state index contributed by atoms with van der Waals surface area (Å²) in [5.74, 6) is 0.704. The minimum Gasteiger partial charge on any atom is -0.493 e. The number of benzene rings is 2. The summed E-state index contributed by atoms with van der Waals surface area (Å²) in [6, 6.07) is 12.5. The second-order valence-corrected chi connectivity index (χ2v) is 5.57. The number of anilines is 2. The minimum absolute atomic E-state index is 0.219. The van der Waals surface area contributed by atoms with E-state index in [-0.39, 0.29) is 11.9 Å². The summed E-state index contributed by atoms with van der Waals surface area (Å²) < 4.78 is 5.47. The highest BCUT2D eigenvalue weighted by molar-refractivity contribution is 6.02. The SMILES string of the molecule is CNC(=O)Nc1ccc(NC(=O)/C=C/c2ccc3c(c2)CCO3)cc1. The van der Waals surface area contributed by atoms with E-state index < -0.39 is 0 Å². The van der Waals surface area contributed by atoms with E-state index in [1.165, 1.54) is 11.6 Å². The number of urea groups is 1. The minimum atomic E-state index is -0.292.